The molecule has 1 aliphatic rings. The van der Waals surface area contributed by atoms with Gasteiger partial charge in [-0.3, -0.25) is 29.4 Å². The fourth-order valence-electron chi connectivity index (χ4n) is 3.08. The molecular formula is C20H26N4O5. The standard InChI is InChI=1S/C20H26N4O5/c1-12-6-5-7-13(10-21-19(29)23-20(2,3)4)16(12)18(28)24(11-25)14-8-9-15(26)22-17(14)27/h5-7,11,14H,8-10H2,1-4H3,(H2,21,23,29)(H,22,26,27)/t14-/m0/s1. The maximum Gasteiger partial charge on any atom is 0.315 e. The van der Waals surface area contributed by atoms with Crippen molar-refractivity contribution in [3.8, 4) is 0 Å². The van der Waals surface area contributed by atoms with Gasteiger partial charge in [-0.25, -0.2) is 4.79 Å². The highest BCUT2D eigenvalue weighted by Gasteiger charge is 2.35. The van der Waals surface area contributed by atoms with Gasteiger partial charge in [0.25, 0.3) is 5.91 Å². The van der Waals surface area contributed by atoms with E-state index >= 15 is 0 Å². The zero-order valence-corrected chi connectivity index (χ0v) is 17.0. The first-order chi connectivity index (χ1) is 13.5. The topological polar surface area (TPSA) is 125 Å². The highest BCUT2D eigenvalue weighted by molar-refractivity contribution is 6.08. The lowest BCUT2D eigenvalue weighted by molar-refractivity contribution is -0.139. The number of nitrogens with one attached hydrogen (secondary N) is 3. The van der Waals surface area contributed by atoms with Crippen molar-refractivity contribution < 1.29 is 24.0 Å². The molecule has 9 nitrogen and oxygen atoms in total. The van der Waals surface area contributed by atoms with Gasteiger partial charge in [0.2, 0.25) is 18.2 Å². The molecule has 0 aromatic heterocycles. The lowest BCUT2D eigenvalue weighted by Gasteiger charge is -2.29. The number of amides is 6. The number of carbonyl (C=O) groups is 5. The number of urea groups is 1. The van der Waals surface area contributed by atoms with Gasteiger partial charge in [0, 0.05) is 24.1 Å². The fourth-order valence-corrected chi connectivity index (χ4v) is 3.08. The first-order valence-electron chi connectivity index (χ1n) is 9.29. The molecule has 1 aliphatic heterocycles. The van der Waals surface area contributed by atoms with Crippen LogP contribution >= 0.6 is 0 Å². The molecule has 0 aliphatic carbocycles. The van der Waals surface area contributed by atoms with E-state index in [9.17, 15) is 24.0 Å². The summed E-state index contributed by atoms with van der Waals surface area (Å²) in [4.78, 5) is 61.1. The number of aryl methyl sites for hydroxylation is 1. The highest BCUT2D eigenvalue weighted by atomic mass is 16.2. The zero-order valence-electron chi connectivity index (χ0n) is 17.0. The average molecular weight is 402 g/mol. The van der Waals surface area contributed by atoms with Gasteiger partial charge in [-0.05, 0) is 45.2 Å². The Morgan fingerprint density at radius 1 is 1.28 bits per heavy atom. The van der Waals surface area contributed by atoms with E-state index in [0.29, 0.717) is 17.5 Å². The summed E-state index contributed by atoms with van der Waals surface area (Å²) in [5, 5.41) is 7.60. The molecule has 1 aromatic rings. The Hall–Kier alpha value is -3.23. The van der Waals surface area contributed by atoms with Gasteiger partial charge in [-0.1, -0.05) is 18.2 Å². The second kappa shape index (κ2) is 8.85. The van der Waals surface area contributed by atoms with Crippen LogP contribution in [0.2, 0.25) is 0 Å². The zero-order chi connectivity index (χ0) is 21.8. The summed E-state index contributed by atoms with van der Waals surface area (Å²) in [5.74, 6) is -1.77. The van der Waals surface area contributed by atoms with Gasteiger partial charge in [-0.15, -0.1) is 0 Å². The SMILES string of the molecule is Cc1cccc(CNC(=O)NC(C)(C)C)c1C(=O)N(C=O)[C@H]1CCC(=O)NC1=O. The molecule has 9 heteroatoms. The number of rotatable bonds is 5. The second-order valence-electron chi connectivity index (χ2n) is 7.95. The Bertz CT molecular complexity index is 844. The third kappa shape index (κ3) is 5.63. The van der Waals surface area contributed by atoms with Crippen LogP contribution in [0.4, 0.5) is 4.79 Å². The Balaban J connectivity index is 2.25. The summed E-state index contributed by atoms with van der Waals surface area (Å²) in [7, 11) is 0. The van der Waals surface area contributed by atoms with Gasteiger partial charge < -0.3 is 10.6 Å². The molecule has 0 unspecified atom stereocenters. The van der Waals surface area contributed by atoms with Crippen molar-refractivity contribution in [1.82, 2.24) is 20.9 Å². The van der Waals surface area contributed by atoms with Crippen molar-refractivity contribution in [3.05, 3.63) is 34.9 Å². The summed E-state index contributed by atoms with van der Waals surface area (Å²) in [6.07, 6.45) is 0.421. The smallest absolute Gasteiger partial charge is 0.315 e. The van der Waals surface area contributed by atoms with E-state index in [1.54, 1.807) is 25.1 Å². The molecule has 1 heterocycles. The van der Waals surface area contributed by atoms with Crippen molar-refractivity contribution >= 4 is 30.2 Å². The van der Waals surface area contributed by atoms with Crippen LogP contribution in [-0.4, -0.2) is 46.6 Å². The Labute approximate surface area is 169 Å². The first-order valence-corrected chi connectivity index (χ1v) is 9.29. The molecule has 1 aromatic carbocycles. The predicted molar refractivity (Wildman–Crippen MR) is 105 cm³/mol. The highest BCUT2D eigenvalue weighted by Crippen LogP contribution is 2.20. The fraction of sp³-hybridized carbons (Fsp3) is 0.450. The van der Waals surface area contributed by atoms with Gasteiger partial charge in [-0.2, -0.15) is 0 Å². The van der Waals surface area contributed by atoms with Crippen LogP contribution in [0, 0.1) is 6.92 Å². The minimum absolute atomic E-state index is 0.0448. The first kappa shape index (κ1) is 22.1. The maximum atomic E-state index is 13.1. The summed E-state index contributed by atoms with van der Waals surface area (Å²) in [6, 6.07) is 3.67. The van der Waals surface area contributed by atoms with Gasteiger partial charge >= 0.3 is 6.03 Å². The van der Waals surface area contributed by atoms with E-state index in [4.69, 9.17) is 0 Å². The number of piperidine rings is 1. The molecule has 2 rings (SSSR count). The van der Waals surface area contributed by atoms with E-state index in [-0.39, 0.29) is 24.9 Å². The van der Waals surface area contributed by atoms with E-state index in [0.717, 1.165) is 4.90 Å². The number of nitrogens with zero attached hydrogens (tertiary/aromatic N) is 1. The molecule has 0 bridgehead atoms. The molecule has 1 saturated heterocycles. The molecule has 0 saturated carbocycles. The Morgan fingerprint density at radius 2 is 1.97 bits per heavy atom. The van der Waals surface area contributed by atoms with Crippen molar-refractivity contribution in [1.29, 1.82) is 0 Å². The third-order valence-electron chi connectivity index (χ3n) is 4.39. The van der Waals surface area contributed by atoms with Crippen LogP contribution in [0.3, 0.4) is 0 Å². The van der Waals surface area contributed by atoms with Gasteiger partial charge in [0.15, 0.2) is 0 Å². The summed E-state index contributed by atoms with van der Waals surface area (Å²) in [6.45, 7) is 7.30. The maximum absolute atomic E-state index is 13.1. The van der Waals surface area contributed by atoms with Gasteiger partial charge in [0.1, 0.15) is 6.04 Å². The monoisotopic (exact) mass is 402 g/mol. The summed E-state index contributed by atoms with van der Waals surface area (Å²) < 4.78 is 0. The molecule has 1 fully saturated rings. The Morgan fingerprint density at radius 3 is 2.55 bits per heavy atom. The van der Waals surface area contributed by atoms with Crippen LogP contribution in [0.1, 0.15) is 55.1 Å². The van der Waals surface area contributed by atoms with E-state index in [1.807, 2.05) is 20.8 Å². The predicted octanol–water partition coefficient (Wildman–Crippen LogP) is 0.997. The minimum atomic E-state index is -1.05. The normalized spacial score (nSPS) is 16.6. The molecule has 156 valence electrons. The van der Waals surface area contributed by atoms with Crippen molar-refractivity contribution in [2.24, 2.45) is 0 Å². The lowest BCUT2D eigenvalue weighted by atomic mass is 9.98. The summed E-state index contributed by atoms with van der Waals surface area (Å²) >= 11 is 0. The molecule has 0 spiro atoms. The third-order valence-corrected chi connectivity index (χ3v) is 4.39. The van der Waals surface area contributed by atoms with Crippen molar-refractivity contribution in [3.63, 3.8) is 0 Å². The number of hydrogen-bond acceptors (Lipinski definition) is 5. The largest absolute Gasteiger partial charge is 0.334 e. The van der Waals surface area contributed by atoms with Crippen LogP contribution < -0.4 is 16.0 Å². The molecule has 6 amide bonds. The van der Waals surface area contributed by atoms with Crippen LogP contribution in [0.5, 0.6) is 0 Å². The van der Waals surface area contributed by atoms with Crippen molar-refractivity contribution in [2.75, 3.05) is 0 Å². The minimum Gasteiger partial charge on any atom is -0.334 e. The number of carbonyl (C=O) groups excluding carboxylic acids is 5. The lowest BCUT2D eigenvalue weighted by Crippen LogP contribution is -2.54. The number of benzene rings is 1. The molecule has 29 heavy (non-hydrogen) atoms. The number of hydrogen-bond donors (Lipinski definition) is 3. The number of imide groups is 2. The Kier molecular flexibility index (Phi) is 6.73. The second-order valence-corrected chi connectivity index (χ2v) is 7.95. The van der Waals surface area contributed by atoms with Crippen LogP contribution in [0.15, 0.2) is 18.2 Å². The van der Waals surface area contributed by atoms with Gasteiger partial charge in [0.05, 0.1) is 0 Å². The molecule has 0 radical (unpaired) electrons. The van der Waals surface area contributed by atoms with E-state index in [2.05, 4.69) is 16.0 Å². The summed E-state index contributed by atoms with van der Waals surface area (Å²) in [5.41, 5.74) is 0.929. The van der Waals surface area contributed by atoms with E-state index in [1.165, 1.54) is 0 Å². The molecule has 1 atom stereocenters. The quantitative estimate of drug-likeness (QED) is 0.500. The van der Waals surface area contributed by atoms with Crippen LogP contribution in [-0.2, 0) is 20.9 Å². The van der Waals surface area contributed by atoms with E-state index < -0.39 is 35.3 Å². The van der Waals surface area contributed by atoms with Crippen molar-refractivity contribution in [2.45, 2.75) is 58.7 Å². The molecule has 3 N–H and O–H groups in total. The molecular weight excluding hydrogens is 376 g/mol. The van der Waals surface area contributed by atoms with Crippen LogP contribution in [0.25, 0.3) is 0 Å². The average Bonchev–Trinajstić information content (AvgIpc) is 2.60.